The van der Waals surface area contributed by atoms with Gasteiger partial charge in [0.25, 0.3) is 0 Å². The summed E-state index contributed by atoms with van der Waals surface area (Å²) in [5, 5.41) is 4.44. The number of para-hydroxylation sites is 1. The molecule has 2 aromatic carbocycles. The Kier molecular flexibility index (Phi) is 3.31. The molecule has 0 unspecified atom stereocenters. The van der Waals surface area contributed by atoms with Crippen molar-refractivity contribution in [3.05, 3.63) is 60.5 Å². The summed E-state index contributed by atoms with van der Waals surface area (Å²) in [5.74, 6) is 0.370. The molecule has 0 radical (unpaired) electrons. The van der Waals surface area contributed by atoms with Gasteiger partial charge in [-0.2, -0.15) is 5.10 Å². The average molecular weight is 283 g/mol. The van der Waals surface area contributed by atoms with Gasteiger partial charge in [-0.15, -0.1) is 0 Å². The highest BCUT2D eigenvalue weighted by Gasteiger charge is 2.13. The Morgan fingerprint density at radius 2 is 1.95 bits per heavy atom. The number of anilines is 1. The highest BCUT2D eigenvalue weighted by Crippen LogP contribution is 2.32. The summed E-state index contributed by atoms with van der Waals surface area (Å²) < 4.78 is 20.2. The number of ether oxygens (including phenoxy) is 1. The van der Waals surface area contributed by atoms with Crippen molar-refractivity contribution < 1.29 is 9.13 Å². The van der Waals surface area contributed by atoms with Gasteiger partial charge in [-0.3, -0.25) is 0 Å². The predicted molar refractivity (Wildman–Crippen MR) is 79.9 cm³/mol. The molecule has 0 saturated heterocycles. The zero-order valence-electron chi connectivity index (χ0n) is 11.5. The SMILES string of the molecule is COc1ccccc1-c1nn(-c2cccc(F)c2)cc1N. The molecule has 0 aliphatic heterocycles. The Morgan fingerprint density at radius 3 is 2.71 bits per heavy atom. The molecule has 1 heterocycles. The van der Waals surface area contributed by atoms with E-state index in [1.54, 1.807) is 30.1 Å². The second-order valence-corrected chi connectivity index (χ2v) is 4.56. The summed E-state index contributed by atoms with van der Waals surface area (Å²) in [6.07, 6.45) is 1.66. The second-order valence-electron chi connectivity index (χ2n) is 4.56. The highest BCUT2D eigenvalue weighted by atomic mass is 19.1. The van der Waals surface area contributed by atoms with E-state index in [1.807, 2.05) is 24.3 Å². The maximum absolute atomic E-state index is 13.3. The maximum atomic E-state index is 13.3. The van der Waals surface area contributed by atoms with Gasteiger partial charge in [0.05, 0.1) is 24.7 Å². The second kappa shape index (κ2) is 5.28. The number of aromatic nitrogens is 2. The third-order valence-corrected chi connectivity index (χ3v) is 3.18. The van der Waals surface area contributed by atoms with Gasteiger partial charge in [0, 0.05) is 5.56 Å². The zero-order valence-corrected chi connectivity index (χ0v) is 11.5. The summed E-state index contributed by atoms with van der Waals surface area (Å²) in [7, 11) is 1.60. The molecule has 0 saturated carbocycles. The van der Waals surface area contributed by atoms with Crippen molar-refractivity contribution in [2.45, 2.75) is 0 Å². The quantitative estimate of drug-likeness (QED) is 0.802. The maximum Gasteiger partial charge on any atom is 0.128 e. The van der Waals surface area contributed by atoms with Crippen LogP contribution in [0.4, 0.5) is 10.1 Å². The molecule has 0 amide bonds. The molecular formula is C16H14FN3O. The molecule has 1 aromatic heterocycles. The molecule has 0 aliphatic rings. The lowest BCUT2D eigenvalue weighted by molar-refractivity contribution is 0.416. The largest absolute Gasteiger partial charge is 0.496 e. The highest BCUT2D eigenvalue weighted by molar-refractivity contribution is 5.77. The van der Waals surface area contributed by atoms with E-state index < -0.39 is 0 Å². The summed E-state index contributed by atoms with van der Waals surface area (Å²) >= 11 is 0. The smallest absolute Gasteiger partial charge is 0.128 e. The number of hydrogen-bond acceptors (Lipinski definition) is 3. The normalized spacial score (nSPS) is 10.6. The molecule has 0 atom stereocenters. The molecule has 5 heteroatoms. The fraction of sp³-hybridized carbons (Fsp3) is 0.0625. The average Bonchev–Trinajstić information content (AvgIpc) is 2.89. The molecule has 3 aromatic rings. The fourth-order valence-electron chi connectivity index (χ4n) is 2.19. The van der Waals surface area contributed by atoms with Gasteiger partial charge in [0.2, 0.25) is 0 Å². The first-order valence-corrected chi connectivity index (χ1v) is 6.43. The van der Waals surface area contributed by atoms with Crippen LogP contribution in [0.5, 0.6) is 5.75 Å². The number of nitrogens with two attached hydrogens (primary N) is 1. The molecule has 2 N–H and O–H groups in total. The van der Waals surface area contributed by atoms with Crippen LogP contribution in [0.1, 0.15) is 0 Å². The lowest BCUT2D eigenvalue weighted by atomic mass is 10.1. The van der Waals surface area contributed by atoms with E-state index in [9.17, 15) is 4.39 Å². The third-order valence-electron chi connectivity index (χ3n) is 3.18. The molecule has 3 rings (SSSR count). The molecule has 4 nitrogen and oxygen atoms in total. The van der Waals surface area contributed by atoms with Crippen molar-refractivity contribution in [3.8, 4) is 22.7 Å². The number of hydrogen-bond donors (Lipinski definition) is 1. The van der Waals surface area contributed by atoms with E-state index in [1.165, 1.54) is 12.1 Å². The van der Waals surface area contributed by atoms with E-state index in [2.05, 4.69) is 5.10 Å². The Labute approximate surface area is 121 Å². The van der Waals surface area contributed by atoms with Gasteiger partial charge >= 0.3 is 0 Å². The van der Waals surface area contributed by atoms with Crippen LogP contribution in [0.25, 0.3) is 16.9 Å². The minimum Gasteiger partial charge on any atom is -0.496 e. The predicted octanol–water partition coefficient (Wildman–Crippen LogP) is 3.27. The summed E-state index contributed by atoms with van der Waals surface area (Å²) in [6, 6.07) is 13.7. The molecule has 0 fully saturated rings. The zero-order chi connectivity index (χ0) is 14.8. The number of rotatable bonds is 3. The van der Waals surface area contributed by atoms with E-state index in [-0.39, 0.29) is 5.82 Å². The van der Waals surface area contributed by atoms with Crippen molar-refractivity contribution in [2.24, 2.45) is 0 Å². The first-order chi connectivity index (χ1) is 10.2. The van der Waals surface area contributed by atoms with Crippen LogP contribution < -0.4 is 10.5 Å². The Hall–Kier alpha value is -2.82. The van der Waals surface area contributed by atoms with Crippen LogP contribution in [-0.4, -0.2) is 16.9 Å². The fourth-order valence-corrected chi connectivity index (χ4v) is 2.19. The van der Waals surface area contributed by atoms with Crippen molar-refractivity contribution >= 4 is 5.69 Å². The molecule has 106 valence electrons. The number of nitrogen functional groups attached to an aromatic ring is 1. The van der Waals surface area contributed by atoms with Crippen molar-refractivity contribution in [3.63, 3.8) is 0 Å². The number of halogens is 1. The van der Waals surface area contributed by atoms with E-state index in [0.29, 0.717) is 22.8 Å². The first-order valence-electron chi connectivity index (χ1n) is 6.43. The van der Waals surface area contributed by atoms with Gasteiger partial charge in [0.15, 0.2) is 0 Å². The van der Waals surface area contributed by atoms with Crippen LogP contribution in [0.2, 0.25) is 0 Å². The van der Waals surface area contributed by atoms with Gasteiger partial charge in [-0.25, -0.2) is 9.07 Å². The Bertz CT molecular complexity index is 783. The summed E-state index contributed by atoms with van der Waals surface area (Å²) in [6.45, 7) is 0. The minimum absolute atomic E-state index is 0.319. The number of methoxy groups -OCH3 is 1. The number of benzene rings is 2. The van der Waals surface area contributed by atoms with E-state index >= 15 is 0 Å². The van der Waals surface area contributed by atoms with Crippen LogP contribution in [0.3, 0.4) is 0 Å². The standard InChI is InChI=1S/C16H14FN3O/c1-21-15-8-3-2-7-13(15)16-14(18)10-20(19-16)12-6-4-5-11(17)9-12/h2-10H,18H2,1H3. The van der Waals surface area contributed by atoms with Crippen molar-refractivity contribution in [1.82, 2.24) is 9.78 Å². The van der Waals surface area contributed by atoms with Gasteiger partial charge in [0.1, 0.15) is 17.3 Å². The lowest BCUT2D eigenvalue weighted by Gasteiger charge is -2.06. The van der Waals surface area contributed by atoms with Gasteiger partial charge < -0.3 is 10.5 Å². The topological polar surface area (TPSA) is 53.1 Å². The molecule has 0 bridgehead atoms. The van der Waals surface area contributed by atoms with Crippen LogP contribution in [0, 0.1) is 5.82 Å². The lowest BCUT2D eigenvalue weighted by Crippen LogP contribution is -1.96. The van der Waals surface area contributed by atoms with Gasteiger partial charge in [-0.05, 0) is 30.3 Å². The van der Waals surface area contributed by atoms with Crippen LogP contribution in [-0.2, 0) is 0 Å². The molecule has 0 aliphatic carbocycles. The van der Waals surface area contributed by atoms with E-state index in [0.717, 1.165) is 5.56 Å². The third kappa shape index (κ3) is 2.45. The van der Waals surface area contributed by atoms with Gasteiger partial charge in [-0.1, -0.05) is 18.2 Å². The monoisotopic (exact) mass is 283 g/mol. The number of nitrogens with zero attached hydrogens (tertiary/aromatic N) is 2. The summed E-state index contributed by atoms with van der Waals surface area (Å²) in [5.41, 5.74) is 8.56. The Balaban J connectivity index is 2.10. The minimum atomic E-state index is -0.319. The molecule has 21 heavy (non-hydrogen) atoms. The first kappa shape index (κ1) is 13.2. The van der Waals surface area contributed by atoms with Crippen LogP contribution >= 0.6 is 0 Å². The molecule has 0 spiro atoms. The molecular weight excluding hydrogens is 269 g/mol. The Morgan fingerprint density at radius 1 is 1.14 bits per heavy atom. The van der Waals surface area contributed by atoms with Crippen molar-refractivity contribution in [2.75, 3.05) is 12.8 Å². The van der Waals surface area contributed by atoms with E-state index in [4.69, 9.17) is 10.5 Å². The van der Waals surface area contributed by atoms with Crippen LogP contribution in [0.15, 0.2) is 54.7 Å². The van der Waals surface area contributed by atoms with Crippen molar-refractivity contribution in [1.29, 1.82) is 0 Å². The summed E-state index contributed by atoms with van der Waals surface area (Å²) in [4.78, 5) is 0.